The molecule has 0 aliphatic heterocycles. The minimum atomic E-state index is 0.182. The molecule has 0 amide bonds. The predicted molar refractivity (Wildman–Crippen MR) is 90.1 cm³/mol. The van der Waals surface area contributed by atoms with Crippen LogP contribution in [0.25, 0.3) is 0 Å². The molecule has 2 aromatic rings. The van der Waals surface area contributed by atoms with Gasteiger partial charge >= 0.3 is 0 Å². The van der Waals surface area contributed by atoms with Crippen LogP contribution in [-0.4, -0.2) is 5.11 Å². The maximum absolute atomic E-state index is 5.39. The summed E-state index contributed by atoms with van der Waals surface area (Å²) in [6, 6.07) is 16.8. The molecule has 104 valence electrons. The third-order valence-electron chi connectivity index (χ3n) is 3.29. The molecule has 0 radical (unpaired) electrons. The van der Waals surface area contributed by atoms with Gasteiger partial charge in [-0.2, -0.15) is 0 Å². The van der Waals surface area contributed by atoms with Crippen molar-refractivity contribution < 1.29 is 0 Å². The van der Waals surface area contributed by atoms with Gasteiger partial charge in [-0.05, 0) is 55.7 Å². The maximum atomic E-state index is 5.39. The zero-order valence-corrected chi connectivity index (χ0v) is 12.9. The molecule has 20 heavy (non-hydrogen) atoms. The van der Waals surface area contributed by atoms with E-state index >= 15 is 0 Å². The summed E-state index contributed by atoms with van der Waals surface area (Å²) >= 11 is 5.39. The normalized spacial score (nSPS) is 11.8. The van der Waals surface area contributed by atoms with Crippen LogP contribution < -0.4 is 10.6 Å². The molecule has 0 aromatic heterocycles. The molecular weight excluding hydrogens is 264 g/mol. The molecule has 0 saturated heterocycles. The number of anilines is 1. The Bertz CT molecular complexity index is 593. The molecule has 2 rings (SSSR count). The van der Waals surface area contributed by atoms with Gasteiger partial charge in [-0.25, -0.2) is 0 Å². The summed E-state index contributed by atoms with van der Waals surface area (Å²) in [7, 11) is 0. The zero-order valence-electron chi connectivity index (χ0n) is 12.1. The van der Waals surface area contributed by atoms with Gasteiger partial charge in [0.05, 0.1) is 6.04 Å². The monoisotopic (exact) mass is 284 g/mol. The summed E-state index contributed by atoms with van der Waals surface area (Å²) in [6.07, 6.45) is 0. The lowest BCUT2D eigenvalue weighted by Crippen LogP contribution is -2.31. The van der Waals surface area contributed by atoms with Crippen LogP contribution in [0.15, 0.2) is 48.5 Å². The summed E-state index contributed by atoms with van der Waals surface area (Å²) in [5, 5.41) is 7.23. The predicted octanol–water partition coefficient (Wildman–Crippen LogP) is 4.35. The molecule has 2 aromatic carbocycles. The van der Waals surface area contributed by atoms with Gasteiger partial charge in [0.2, 0.25) is 0 Å². The molecule has 0 aliphatic rings. The van der Waals surface area contributed by atoms with Gasteiger partial charge in [0.15, 0.2) is 5.11 Å². The lowest BCUT2D eigenvalue weighted by atomic mass is 10.1. The van der Waals surface area contributed by atoms with Crippen molar-refractivity contribution >= 4 is 23.0 Å². The van der Waals surface area contributed by atoms with Gasteiger partial charge in [-0.15, -0.1) is 0 Å². The van der Waals surface area contributed by atoms with E-state index in [4.69, 9.17) is 12.2 Å². The fourth-order valence-electron chi connectivity index (χ4n) is 2.05. The zero-order chi connectivity index (χ0) is 14.5. The van der Waals surface area contributed by atoms with E-state index in [-0.39, 0.29) is 6.04 Å². The van der Waals surface area contributed by atoms with Crippen LogP contribution in [0.1, 0.15) is 29.7 Å². The molecule has 2 nitrogen and oxygen atoms in total. The molecule has 0 unspecified atom stereocenters. The van der Waals surface area contributed by atoms with E-state index in [9.17, 15) is 0 Å². The first-order valence-electron chi connectivity index (χ1n) is 6.76. The highest BCUT2D eigenvalue weighted by Crippen LogP contribution is 2.17. The highest BCUT2D eigenvalue weighted by atomic mass is 32.1. The Morgan fingerprint density at radius 3 is 2.45 bits per heavy atom. The smallest absolute Gasteiger partial charge is 0.171 e. The van der Waals surface area contributed by atoms with Crippen LogP contribution >= 0.6 is 12.2 Å². The number of aryl methyl sites for hydroxylation is 2. The molecule has 0 fully saturated rings. The van der Waals surface area contributed by atoms with Gasteiger partial charge in [0, 0.05) is 5.69 Å². The summed E-state index contributed by atoms with van der Waals surface area (Å²) in [6.45, 7) is 6.26. The highest BCUT2D eigenvalue weighted by molar-refractivity contribution is 7.80. The van der Waals surface area contributed by atoms with Crippen LogP contribution in [0.2, 0.25) is 0 Å². The van der Waals surface area contributed by atoms with Crippen molar-refractivity contribution in [3.63, 3.8) is 0 Å². The topological polar surface area (TPSA) is 24.1 Å². The van der Waals surface area contributed by atoms with Crippen molar-refractivity contribution in [2.45, 2.75) is 26.8 Å². The number of nitrogens with one attached hydrogen (secondary N) is 2. The van der Waals surface area contributed by atoms with Crippen LogP contribution in [0.3, 0.4) is 0 Å². The average Bonchev–Trinajstić information content (AvgIpc) is 2.43. The van der Waals surface area contributed by atoms with E-state index in [1.807, 2.05) is 18.2 Å². The van der Waals surface area contributed by atoms with E-state index in [2.05, 4.69) is 61.7 Å². The molecule has 1 atom stereocenters. The maximum Gasteiger partial charge on any atom is 0.171 e. The Kier molecular flexibility index (Phi) is 4.74. The average molecular weight is 284 g/mol. The minimum Gasteiger partial charge on any atom is -0.356 e. The van der Waals surface area contributed by atoms with Crippen LogP contribution in [0.4, 0.5) is 5.69 Å². The first-order valence-corrected chi connectivity index (χ1v) is 7.17. The molecule has 0 spiro atoms. The lowest BCUT2D eigenvalue weighted by molar-refractivity contribution is 0.722. The number of thiocarbonyl (C=S) groups is 1. The Balaban J connectivity index is 2.01. The van der Waals surface area contributed by atoms with Crippen molar-refractivity contribution in [3.05, 3.63) is 65.2 Å². The van der Waals surface area contributed by atoms with Crippen LogP contribution in [-0.2, 0) is 0 Å². The van der Waals surface area contributed by atoms with Crippen molar-refractivity contribution in [1.82, 2.24) is 5.32 Å². The number of benzene rings is 2. The SMILES string of the molecule is Cc1ccc(C)c(NC(=S)N[C@H](C)c2ccccc2)c1. The third kappa shape index (κ3) is 3.81. The molecule has 2 N–H and O–H groups in total. The highest BCUT2D eigenvalue weighted by Gasteiger charge is 2.07. The summed E-state index contributed by atoms with van der Waals surface area (Å²) in [5.41, 5.74) is 4.68. The number of hydrogen-bond acceptors (Lipinski definition) is 1. The Morgan fingerprint density at radius 1 is 1.05 bits per heavy atom. The summed E-state index contributed by atoms with van der Waals surface area (Å²) in [4.78, 5) is 0. The minimum absolute atomic E-state index is 0.182. The second-order valence-electron chi connectivity index (χ2n) is 5.05. The van der Waals surface area contributed by atoms with Crippen LogP contribution in [0, 0.1) is 13.8 Å². The fourth-order valence-corrected chi connectivity index (χ4v) is 2.34. The fraction of sp³-hybridized carbons (Fsp3) is 0.235. The van der Waals surface area contributed by atoms with Crippen molar-refractivity contribution in [3.8, 4) is 0 Å². The van der Waals surface area contributed by atoms with Gasteiger partial charge in [0.25, 0.3) is 0 Å². The molecule has 3 heteroatoms. The lowest BCUT2D eigenvalue weighted by Gasteiger charge is -2.18. The Hall–Kier alpha value is -1.87. The second-order valence-corrected chi connectivity index (χ2v) is 5.46. The molecule has 0 heterocycles. The Morgan fingerprint density at radius 2 is 1.75 bits per heavy atom. The first kappa shape index (κ1) is 14.5. The van der Waals surface area contributed by atoms with Crippen LogP contribution in [0.5, 0.6) is 0 Å². The van der Waals surface area contributed by atoms with Gasteiger partial charge in [-0.1, -0.05) is 42.5 Å². The number of rotatable bonds is 3. The van der Waals surface area contributed by atoms with Crippen molar-refractivity contribution in [1.29, 1.82) is 0 Å². The molecular formula is C17H20N2S. The Labute approximate surface area is 126 Å². The first-order chi connectivity index (χ1) is 9.56. The largest absolute Gasteiger partial charge is 0.356 e. The quantitative estimate of drug-likeness (QED) is 0.819. The van der Waals surface area contributed by atoms with E-state index in [0.717, 1.165) is 5.69 Å². The standard InChI is InChI=1S/C17H20N2S/c1-12-9-10-13(2)16(11-12)19-17(20)18-14(3)15-7-5-4-6-8-15/h4-11,14H,1-3H3,(H2,18,19,20)/t14-/m1/s1. The molecule has 0 saturated carbocycles. The van der Waals surface area contributed by atoms with E-state index in [1.54, 1.807) is 0 Å². The van der Waals surface area contributed by atoms with E-state index in [0.29, 0.717) is 5.11 Å². The summed E-state index contributed by atoms with van der Waals surface area (Å²) in [5.74, 6) is 0. The number of hydrogen-bond donors (Lipinski definition) is 2. The molecule has 0 bridgehead atoms. The molecule has 0 aliphatic carbocycles. The van der Waals surface area contributed by atoms with E-state index in [1.165, 1.54) is 16.7 Å². The van der Waals surface area contributed by atoms with Gasteiger partial charge < -0.3 is 10.6 Å². The second kappa shape index (κ2) is 6.53. The van der Waals surface area contributed by atoms with Gasteiger partial charge in [0.1, 0.15) is 0 Å². The third-order valence-corrected chi connectivity index (χ3v) is 3.51. The van der Waals surface area contributed by atoms with Crippen molar-refractivity contribution in [2.24, 2.45) is 0 Å². The van der Waals surface area contributed by atoms with E-state index < -0.39 is 0 Å². The van der Waals surface area contributed by atoms with Crippen molar-refractivity contribution in [2.75, 3.05) is 5.32 Å². The van der Waals surface area contributed by atoms with Gasteiger partial charge in [-0.3, -0.25) is 0 Å². The summed E-state index contributed by atoms with van der Waals surface area (Å²) < 4.78 is 0.